The molecule has 2 aromatic heterocycles. The number of anilines is 1. The van der Waals surface area contributed by atoms with Crippen LogP contribution >= 0.6 is 0 Å². The van der Waals surface area contributed by atoms with E-state index >= 15 is 0 Å². The molecule has 0 fully saturated rings. The highest BCUT2D eigenvalue weighted by atomic mass is 16.3. The maximum atomic E-state index is 6.71. The summed E-state index contributed by atoms with van der Waals surface area (Å²) in [5, 5.41) is 7.27. The van der Waals surface area contributed by atoms with Gasteiger partial charge in [-0.05, 0) is 47.4 Å². The fraction of sp³-hybridized carbons (Fsp3) is 0.0938. The second-order valence-electron chi connectivity index (χ2n) is 9.98. The molecule has 3 aromatic carbocycles. The Bertz CT molecular complexity index is 1940. The van der Waals surface area contributed by atoms with Crippen LogP contribution in [0, 0.1) is 0 Å². The predicted molar refractivity (Wildman–Crippen MR) is 148 cm³/mol. The SMILES string of the molecule is C1=CCC2C(=C1)c1cc3c4ccc(-c5ccccc5)cc4oc3c3c4c(n2c13)N=C1C=CC=CC1N4. The number of nitrogens with one attached hydrogen (secondary N) is 1. The standard InChI is InChI=1S/C32H21N3O/c1-2-8-18(9-3-1)19-14-15-21-23-17-22-20-10-4-7-13-26(20)35-30(22)28(31(23)36-27(21)16-19)29-32(35)34-25-12-6-5-11-24(25)33-29/h1-12,14-17,24,26,33H,13H2. The quantitative estimate of drug-likeness (QED) is 0.273. The summed E-state index contributed by atoms with van der Waals surface area (Å²) in [6, 6.07) is 19.8. The number of aromatic nitrogens is 1. The Kier molecular flexibility index (Phi) is 3.41. The van der Waals surface area contributed by atoms with Crippen molar-refractivity contribution < 1.29 is 4.42 Å². The third-order valence-corrected chi connectivity index (χ3v) is 8.07. The van der Waals surface area contributed by atoms with E-state index in [1.54, 1.807) is 0 Å². The van der Waals surface area contributed by atoms with Crippen LogP contribution in [0.5, 0.6) is 0 Å². The Morgan fingerprint density at radius 1 is 0.944 bits per heavy atom. The fourth-order valence-corrected chi connectivity index (χ4v) is 6.47. The second-order valence-corrected chi connectivity index (χ2v) is 9.98. The van der Waals surface area contributed by atoms with Gasteiger partial charge in [-0.2, -0.15) is 0 Å². The summed E-state index contributed by atoms with van der Waals surface area (Å²) in [5.74, 6) is 1.01. The number of hydrogen-bond acceptors (Lipinski definition) is 3. The molecule has 36 heavy (non-hydrogen) atoms. The summed E-state index contributed by atoms with van der Waals surface area (Å²) < 4.78 is 9.15. The van der Waals surface area contributed by atoms with Gasteiger partial charge in [0.25, 0.3) is 0 Å². The minimum Gasteiger partial charge on any atom is -0.455 e. The van der Waals surface area contributed by atoms with E-state index in [2.05, 4.69) is 101 Å². The van der Waals surface area contributed by atoms with Crippen molar-refractivity contribution in [2.45, 2.75) is 18.5 Å². The van der Waals surface area contributed by atoms with E-state index in [1.807, 2.05) is 6.07 Å². The lowest BCUT2D eigenvalue weighted by Gasteiger charge is -2.26. The topological polar surface area (TPSA) is 42.5 Å². The lowest BCUT2D eigenvalue weighted by molar-refractivity contribution is 0.667. The molecular weight excluding hydrogens is 442 g/mol. The van der Waals surface area contributed by atoms with Crippen LogP contribution in [0.15, 0.2) is 107 Å². The van der Waals surface area contributed by atoms with Crippen molar-refractivity contribution in [3.8, 4) is 11.1 Å². The van der Waals surface area contributed by atoms with Gasteiger partial charge in [-0.1, -0.05) is 72.9 Å². The molecule has 9 rings (SSSR count). The molecule has 2 aliphatic carbocycles. The average molecular weight is 464 g/mol. The van der Waals surface area contributed by atoms with Crippen molar-refractivity contribution in [2.24, 2.45) is 4.99 Å². The summed E-state index contributed by atoms with van der Waals surface area (Å²) in [5.41, 5.74) is 10.3. The minimum absolute atomic E-state index is 0.0787. The Morgan fingerprint density at radius 3 is 2.83 bits per heavy atom. The first-order valence-corrected chi connectivity index (χ1v) is 12.5. The highest BCUT2D eigenvalue weighted by Gasteiger charge is 2.38. The van der Waals surface area contributed by atoms with E-state index in [0.29, 0.717) is 0 Å². The predicted octanol–water partition coefficient (Wildman–Crippen LogP) is 8.10. The van der Waals surface area contributed by atoms with Crippen molar-refractivity contribution in [1.29, 1.82) is 0 Å². The average Bonchev–Trinajstić information content (AvgIpc) is 3.57. The van der Waals surface area contributed by atoms with Gasteiger partial charge in [-0.15, -0.1) is 0 Å². The maximum Gasteiger partial charge on any atom is 0.158 e. The van der Waals surface area contributed by atoms with Gasteiger partial charge >= 0.3 is 0 Å². The lowest BCUT2D eigenvalue weighted by Crippen LogP contribution is -2.30. The molecule has 0 bridgehead atoms. The van der Waals surface area contributed by atoms with Crippen molar-refractivity contribution in [2.75, 3.05) is 5.32 Å². The molecule has 0 saturated heterocycles. The van der Waals surface area contributed by atoms with Crippen LogP contribution in [0.2, 0.25) is 0 Å². The monoisotopic (exact) mass is 463 g/mol. The van der Waals surface area contributed by atoms with Gasteiger partial charge in [-0.25, -0.2) is 4.99 Å². The van der Waals surface area contributed by atoms with Crippen LogP contribution in [0.1, 0.15) is 18.0 Å². The van der Waals surface area contributed by atoms with Gasteiger partial charge in [-0.3, -0.25) is 0 Å². The van der Waals surface area contributed by atoms with Gasteiger partial charge in [0.05, 0.1) is 34.4 Å². The molecule has 4 nitrogen and oxygen atoms in total. The van der Waals surface area contributed by atoms with Crippen molar-refractivity contribution >= 4 is 55.6 Å². The Labute approximate surface area is 207 Å². The zero-order valence-corrected chi connectivity index (χ0v) is 19.4. The molecule has 4 heteroatoms. The molecule has 0 radical (unpaired) electrons. The summed E-state index contributed by atoms with van der Waals surface area (Å²) >= 11 is 0. The normalized spacial score (nSPS) is 20.9. The molecular formula is C32H21N3O. The van der Waals surface area contributed by atoms with Crippen LogP contribution in [-0.2, 0) is 0 Å². The van der Waals surface area contributed by atoms with Gasteiger partial charge in [0, 0.05) is 16.3 Å². The van der Waals surface area contributed by atoms with E-state index in [-0.39, 0.29) is 12.1 Å². The molecule has 2 unspecified atom stereocenters. The van der Waals surface area contributed by atoms with E-state index in [4.69, 9.17) is 9.41 Å². The van der Waals surface area contributed by atoms with Crippen LogP contribution in [0.25, 0.3) is 49.5 Å². The Morgan fingerprint density at radius 2 is 1.89 bits per heavy atom. The highest BCUT2D eigenvalue weighted by molar-refractivity contribution is 6.25. The van der Waals surface area contributed by atoms with Gasteiger partial charge in [0.15, 0.2) is 5.82 Å². The lowest BCUT2D eigenvalue weighted by atomic mass is 9.92. The first kappa shape index (κ1) is 18.7. The summed E-state index contributed by atoms with van der Waals surface area (Å²) in [7, 11) is 0. The number of fused-ring (bicyclic) bond motifs is 11. The number of furan rings is 1. The number of rotatable bonds is 1. The van der Waals surface area contributed by atoms with Crippen LogP contribution in [0.3, 0.4) is 0 Å². The Balaban J connectivity index is 1.40. The summed E-state index contributed by atoms with van der Waals surface area (Å²) in [6.07, 6.45) is 16.2. The van der Waals surface area contributed by atoms with Crippen LogP contribution in [-0.4, -0.2) is 16.3 Å². The molecule has 2 aliphatic heterocycles. The van der Waals surface area contributed by atoms with Crippen molar-refractivity contribution in [3.63, 3.8) is 0 Å². The molecule has 4 aliphatic rings. The second kappa shape index (κ2) is 6.55. The Hall–Kier alpha value is -4.57. The molecule has 5 aromatic rings. The molecule has 170 valence electrons. The van der Waals surface area contributed by atoms with Crippen molar-refractivity contribution in [3.05, 3.63) is 103 Å². The smallest absolute Gasteiger partial charge is 0.158 e. The third-order valence-electron chi connectivity index (χ3n) is 8.07. The largest absolute Gasteiger partial charge is 0.455 e. The van der Waals surface area contributed by atoms with E-state index in [0.717, 1.165) is 51.1 Å². The molecule has 2 atom stereocenters. The van der Waals surface area contributed by atoms with Gasteiger partial charge in [0.2, 0.25) is 0 Å². The van der Waals surface area contributed by atoms with E-state index in [1.165, 1.54) is 27.6 Å². The molecule has 0 saturated carbocycles. The molecule has 0 spiro atoms. The first-order valence-electron chi connectivity index (χ1n) is 12.5. The highest BCUT2D eigenvalue weighted by Crippen LogP contribution is 2.56. The van der Waals surface area contributed by atoms with Crippen LogP contribution in [0.4, 0.5) is 11.5 Å². The number of benzene rings is 3. The summed E-state index contributed by atoms with van der Waals surface area (Å²) in [4.78, 5) is 5.20. The fourth-order valence-electron chi connectivity index (χ4n) is 6.47. The number of hydrogen-bond donors (Lipinski definition) is 1. The zero-order valence-electron chi connectivity index (χ0n) is 19.4. The van der Waals surface area contributed by atoms with Crippen LogP contribution < -0.4 is 5.32 Å². The maximum absolute atomic E-state index is 6.71. The number of nitrogens with zero attached hydrogens (tertiary/aromatic N) is 2. The van der Waals surface area contributed by atoms with Gasteiger partial charge < -0.3 is 14.3 Å². The summed E-state index contributed by atoms with van der Waals surface area (Å²) in [6.45, 7) is 0. The minimum atomic E-state index is 0.0787. The number of allylic oxidation sites excluding steroid dienone is 6. The zero-order chi connectivity index (χ0) is 23.4. The van der Waals surface area contributed by atoms with Crippen molar-refractivity contribution in [1.82, 2.24) is 4.57 Å². The molecule has 4 heterocycles. The molecule has 1 N–H and O–H groups in total. The van der Waals surface area contributed by atoms with E-state index < -0.39 is 0 Å². The number of aliphatic imine (C=N–C) groups is 1. The van der Waals surface area contributed by atoms with Gasteiger partial charge in [0.1, 0.15) is 11.2 Å². The van der Waals surface area contributed by atoms with E-state index in [9.17, 15) is 0 Å². The molecule has 0 amide bonds. The first-order chi connectivity index (χ1) is 17.8. The third kappa shape index (κ3) is 2.27.